The van der Waals surface area contributed by atoms with E-state index in [0.717, 1.165) is 16.7 Å². The third-order valence-corrected chi connectivity index (χ3v) is 4.01. The number of hydrogen-bond acceptors (Lipinski definition) is 5. The van der Waals surface area contributed by atoms with Crippen molar-refractivity contribution in [2.24, 2.45) is 0 Å². The number of aromatic nitrogens is 2. The van der Waals surface area contributed by atoms with Crippen molar-refractivity contribution in [2.45, 2.75) is 6.18 Å². The van der Waals surface area contributed by atoms with Crippen molar-refractivity contribution in [3.8, 4) is 16.5 Å². The van der Waals surface area contributed by atoms with E-state index in [1.807, 2.05) is 0 Å². The maximum atomic E-state index is 14.3. The molecule has 3 aromatic rings. The third kappa shape index (κ3) is 2.67. The highest BCUT2D eigenvalue weighted by Crippen LogP contribution is 2.35. The fourth-order valence-electron chi connectivity index (χ4n) is 2.05. The van der Waals surface area contributed by atoms with Crippen LogP contribution in [0.5, 0.6) is 5.75 Å². The molecule has 0 bridgehead atoms. The third-order valence-electron chi connectivity index (χ3n) is 3.15. The summed E-state index contributed by atoms with van der Waals surface area (Å²) < 4.78 is 57.1. The molecular formula is C14H9F4N3OS. The van der Waals surface area contributed by atoms with E-state index in [1.54, 1.807) is 0 Å². The molecule has 0 aliphatic heterocycles. The summed E-state index contributed by atoms with van der Waals surface area (Å²) in [5.74, 6) is -0.761. The second-order valence-corrected chi connectivity index (χ2v) is 5.47. The highest BCUT2D eigenvalue weighted by molar-refractivity contribution is 7.13. The molecule has 2 aromatic heterocycles. The van der Waals surface area contributed by atoms with Crippen LogP contribution in [0.1, 0.15) is 5.69 Å². The van der Waals surface area contributed by atoms with Crippen molar-refractivity contribution < 1.29 is 22.3 Å². The summed E-state index contributed by atoms with van der Waals surface area (Å²) in [5, 5.41) is 1.23. The van der Waals surface area contributed by atoms with Crippen molar-refractivity contribution in [3.05, 3.63) is 35.1 Å². The number of nitrogens with zero attached hydrogens (tertiary/aromatic N) is 2. The highest BCUT2D eigenvalue weighted by Gasteiger charge is 2.34. The number of fused-ring (bicyclic) bond motifs is 1. The van der Waals surface area contributed by atoms with Gasteiger partial charge in [0.2, 0.25) is 0 Å². The lowest BCUT2D eigenvalue weighted by molar-refractivity contribution is -0.140. The molecule has 0 spiro atoms. The number of rotatable bonds is 2. The molecular weight excluding hydrogens is 334 g/mol. The van der Waals surface area contributed by atoms with Gasteiger partial charge in [0.25, 0.3) is 0 Å². The predicted molar refractivity (Wildman–Crippen MR) is 78.8 cm³/mol. The number of halogens is 4. The Bertz CT molecular complexity index is 892. The quantitative estimate of drug-likeness (QED) is 0.712. The van der Waals surface area contributed by atoms with E-state index in [1.165, 1.54) is 25.3 Å². The minimum Gasteiger partial charge on any atom is -0.494 e. The molecule has 120 valence electrons. The second-order valence-electron chi connectivity index (χ2n) is 4.61. The van der Waals surface area contributed by atoms with E-state index < -0.39 is 17.7 Å². The SMILES string of the molecule is COc1ccc2c(N)cc(-c3nc(C(F)(F)F)cs3)nc2c1F. The van der Waals surface area contributed by atoms with Gasteiger partial charge < -0.3 is 10.5 Å². The van der Waals surface area contributed by atoms with Gasteiger partial charge in [-0.2, -0.15) is 13.2 Å². The Balaban J connectivity index is 2.19. The smallest absolute Gasteiger partial charge is 0.434 e. The number of hydrogen-bond donors (Lipinski definition) is 1. The Morgan fingerprint density at radius 2 is 1.96 bits per heavy atom. The summed E-state index contributed by atoms with van der Waals surface area (Å²) in [7, 11) is 1.30. The van der Waals surface area contributed by atoms with Crippen LogP contribution >= 0.6 is 11.3 Å². The number of methoxy groups -OCH3 is 1. The zero-order valence-electron chi connectivity index (χ0n) is 11.6. The normalized spacial score (nSPS) is 11.9. The number of nitrogens with two attached hydrogens (primary N) is 1. The van der Waals surface area contributed by atoms with Crippen LogP contribution in [-0.2, 0) is 6.18 Å². The molecule has 2 N–H and O–H groups in total. The number of alkyl halides is 3. The molecule has 0 amide bonds. The van der Waals surface area contributed by atoms with Gasteiger partial charge in [0.05, 0.1) is 7.11 Å². The Morgan fingerprint density at radius 3 is 2.57 bits per heavy atom. The van der Waals surface area contributed by atoms with Crippen molar-refractivity contribution in [2.75, 3.05) is 12.8 Å². The van der Waals surface area contributed by atoms with Gasteiger partial charge in [0.1, 0.15) is 16.2 Å². The van der Waals surface area contributed by atoms with Crippen molar-refractivity contribution in [1.29, 1.82) is 0 Å². The van der Waals surface area contributed by atoms with Gasteiger partial charge in [0.15, 0.2) is 17.3 Å². The molecule has 0 fully saturated rings. The minimum atomic E-state index is -4.55. The van der Waals surface area contributed by atoms with Gasteiger partial charge in [-0.1, -0.05) is 0 Å². The summed E-state index contributed by atoms with van der Waals surface area (Å²) in [4.78, 5) is 7.55. The fraction of sp³-hybridized carbons (Fsp3) is 0.143. The molecule has 0 aliphatic carbocycles. The van der Waals surface area contributed by atoms with E-state index in [2.05, 4.69) is 9.97 Å². The van der Waals surface area contributed by atoms with Crippen LogP contribution in [0.3, 0.4) is 0 Å². The number of nitrogen functional groups attached to an aromatic ring is 1. The lowest BCUT2D eigenvalue weighted by atomic mass is 10.1. The van der Waals surface area contributed by atoms with Gasteiger partial charge in [-0.25, -0.2) is 14.4 Å². The first-order valence-corrected chi connectivity index (χ1v) is 7.15. The molecule has 0 aliphatic rings. The molecule has 4 nitrogen and oxygen atoms in total. The topological polar surface area (TPSA) is 61.0 Å². The molecule has 2 heterocycles. The van der Waals surface area contributed by atoms with Crippen molar-refractivity contribution in [1.82, 2.24) is 9.97 Å². The Labute approximate surface area is 131 Å². The van der Waals surface area contributed by atoms with Crippen LogP contribution < -0.4 is 10.5 Å². The van der Waals surface area contributed by atoms with E-state index >= 15 is 0 Å². The Kier molecular flexibility index (Phi) is 3.59. The zero-order valence-corrected chi connectivity index (χ0v) is 12.4. The van der Waals surface area contributed by atoms with E-state index in [-0.39, 0.29) is 27.7 Å². The molecule has 0 saturated heterocycles. The largest absolute Gasteiger partial charge is 0.494 e. The fourth-order valence-corrected chi connectivity index (χ4v) is 2.84. The van der Waals surface area contributed by atoms with E-state index in [9.17, 15) is 17.6 Å². The standard InChI is InChI=1S/C14H9F4N3OS/c1-22-9-3-2-6-7(19)4-8(20-12(6)11(9)15)13-21-10(5-23-13)14(16,17)18/h2-5H,1H3,(H2,19,20). The maximum absolute atomic E-state index is 14.3. The summed E-state index contributed by atoms with van der Waals surface area (Å²) >= 11 is 0.760. The molecule has 23 heavy (non-hydrogen) atoms. The second kappa shape index (κ2) is 5.34. The summed E-state index contributed by atoms with van der Waals surface area (Å²) in [6.07, 6.45) is -4.55. The van der Waals surface area contributed by atoms with E-state index in [0.29, 0.717) is 5.39 Å². The van der Waals surface area contributed by atoms with Gasteiger partial charge in [-0.05, 0) is 18.2 Å². The van der Waals surface area contributed by atoms with Crippen LogP contribution in [0.15, 0.2) is 23.6 Å². The molecule has 0 atom stereocenters. The number of benzene rings is 1. The Morgan fingerprint density at radius 1 is 1.22 bits per heavy atom. The lowest BCUT2D eigenvalue weighted by Crippen LogP contribution is -2.05. The molecule has 0 radical (unpaired) electrons. The van der Waals surface area contributed by atoms with Crippen LogP contribution in [0.2, 0.25) is 0 Å². The first kappa shape index (κ1) is 15.5. The number of thiazole rings is 1. The van der Waals surface area contributed by atoms with E-state index in [4.69, 9.17) is 10.5 Å². The molecule has 1 aromatic carbocycles. The maximum Gasteiger partial charge on any atom is 0.434 e. The van der Waals surface area contributed by atoms with Crippen LogP contribution in [0, 0.1) is 5.82 Å². The van der Waals surface area contributed by atoms with Gasteiger partial charge in [0, 0.05) is 16.5 Å². The number of anilines is 1. The average molecular weight is 343 g/mol. The molecule has 0 saturated carbocycles. The van der Waals surface area contributed by atoms with Crippen LogP contribution in [0.4, 0.5) is 23.2 Å². The van der Waals surface area contributed by atoms with Crippen molar-refractivity contribution in [3.63, 3.8) is 0 Å². The van der Waals surface area contributed by atoms with Gasteiger partial charge >= 0.3 is 6.18 Å². The monoisotopic (exact) mass is 343 g/mol. The number of ether oxygens (including phenoxy) is 1. The van der Waals surface area contributed by atoms with Crippen molar-refractivity contribution >= 4 is 27.9 Å². The number of pyridine rings is 1. The zero-order chi connectivity index (χ0) is 16.8. The van der Waals surface area contributed by atoms with Gasteiger partial charge in [-0.3, -0.25) is 0 Å². The summed E-state index contributed by atoms with van der Waals surface area (Å²) in [5.41, 5.74) is 5.01. The molecule has 3 rings (SSSR count). The minimum absolute atomic E-state index is 0.00754. The van der Waals surface area contributed by atoms with Gasteiger partial charge in [-0.15, -0.1) is 11.3 Å². The first-order valence-electron chi connectivity index (χ1n) is 6.27. The summed E-state index contributed by atoms with van der Waals surface area (Å²) in [6.45, 7) is 0. The Hall–Kier alpha value is -2.42. The molecule has 9 heteroatoms. The average Bonchev–Trinajstić information content (AvgIpc) is 2.98. The van der Waals surface area contributed by atoms with Crippen LogP contribution in [0.25, 0.3) is 21.6 Å². The lowest BCUT2D eigenvalue weighted by Gasteiger charge is -2.08. The summed E-state index contributed by atoms with van der Waals surface area (Å²) in [6, 6.07) is 4.31. The first-order chi connectivity index (χ1) is 10.8. The highest BCUT2D eigenvalue weighted by atomic mass is 32.1. The molecule has 0 unspecified atom stereocenters. The predicted octanol–water partition coefficient (Wildman–Crippen LogP) is 4.11. The van der Waals surface area contributed by atoms with Crippen LogP contribution in [-0.4, -0.2) is 17.1 Å².